The van der Waals surface area contributed by atoms with Crippen LogP contribution in [0.15, 0.2) is 29.2 Å². The maximum absolute atomic E-state index is 2.41. The van der Waals surface area contributed by atoms with Crippen LogP contribution in [-0.2, 0) is 0 Å². The molecule has 0 unspecified atom stereocenters. The number of hydrogen-bond donors (Lipinski definition) is 0. The van der Waals surface area contributed by atoms with Crippen LogP contribution in [0.2, 0.25) is 0 Å². The van der Waals surface area contributed by atoms with Crippen molar-refractivity contribution in [3.8, 4) is 0 Å². The minimum Gasteiger partial charge on any atom is -0.355 e. The zero-order chi connectivity index (χ0) is 13.3. The summed E-state index contributed by atoms with van der Waals surface area (Å²) in [5.41, 5.74) is 1.40. The Kier molecular flexibility index (Phi) is 6.63. The van der Waals surface area contributed by atoms with E-state index in [1.54, 1.807) is 0 Å². The van der Waals surface area contributed by atoms with Gasteiger partial charge in [-0.1, -0.05) is 75.8 Å². The monoisotopic (exact) mass is 276 g/mol. The van der Waals surface area contributed by atoms with Crippen molar-refractivity contribution in [3.63, 3.8) is 0 Å². The molecule has 1 radical (unpaired) electrons. The summed E-state index contributed by atoms with van der Waals surface area (Å²) in [5.74, 6) is 2.27. The third-order valence-corrected chi connectivity index (χ3v) is 4.69. The van der Waals surface area contributed by atoms with E-state index < -0.39 is 0 Å². The Morgan fingerprint density at radius 1 is 0.895 bits per heavy atom. The van der Waals surface area contributed by atoms with Crippen molar-refractivity contribution in [2.75, 3.05) is 11.4 Å². The standard InChI is InChI=1S/C17H26NS/c1-2-3-4-5-6-7-8-11-14-18-15-19-17-13-10-9-12-16(17)18/h9-10,12-13,15H,2-8,11,14H2,1H3. The number of unbranched alkanes of at least 4 members (excludes halogenated alkanes) is 7. The fraction of sp³-hybridized carbons (Fsp3) is 0.588. The van der Waals surface area contributed by atoms with Gasteiger partial charge in [0.25, 0.3) is 0 Å². The van der Waals surface area contributed by atoms with Crippen LogP contribution in [-0.4, -0.2) is 6.54 Å². The molecule has 1 aromatic carbocycles. The second-order valence-corrected chi connectivity index (χ2v) is 6.25. The van der Waals surface area contributed by atoms with E-state index >= 15 is 0 Å². The fourth-order valence-corrected chi connectivity index (χ4v) is 3.48. The molecule has 0 aliphatic carbocycles. The number of benzene rings is 1. The molecule has 1 aliphatic heterocycles. The van der Waals surface area contributed by atoms with E-state index in [1.165, 1.54) is 68.5 Å². The summed E-state index contributed by atoms with van der Waals surface area (Å²) >= 11 is 1.85. The molecule has 0 bridgehead atoms. The van der Waals surface area contributed by atoms with E-state index in [2.05, 4.69) is 42.0 Å². The Balaban J connectivity index is 1.55. The van der Waals surface area contributed by atoms with Crippen molar-refractivity contribution < 1.29 is 0 Å². The molecule has 1 nitrogen and oxygen atoms in total. The Labute approximate surface area is 122 Å². The van der Waals surface area contributed by atoms with Gasteiger partial charge in [-0.25, -0.2) is 0 Å². The zero-order valence-corrected chi connectivity index (χ0v) is 12.9. The van der Waals surface area contributed by atoms with Crippen LogP contribution >= 0.6 is 11.8 Å². The first-order valence-corrected chi connectivity index (χ1v) is 8.65. The molecule has 0 saturated carbocycles. The fourth-order valence-electron chi connectivity index (χ4n) is 2.56. The largest absolute Gasteiger partial charge is 0.355 e. The molecule has 0 fully saturated rings. The first kappa shape index (κ1) is 14.8. The van der Waals surface area contributed by atoms with E-state index in [4.69, 9.17) is 0 Å². The topological polar surface area (TPSA) is 3.24 Å². The number of thioether (sulfide) groups is 1. The molecule has 0 aromatic heterocycles. The van der Waals surface area contributed by atoms with Gasteiger partial charge in [-0.2, -0.15) is 0 Å². The lowest BCUT2D eigenvalue weighted by Gasteiger charge is -2.17. The van der Waals surface area contributed by atoms with Crippen LogP contribution in [0.3, 0.4) is 0 Å². The minimum absolute atomic E-state index is 1.18. The van der Waals surface area contributed by atoms with Gasteiger partial charge in [-0.3, -0.25) is 0 Å². The number of fused-ring (bicyclic) bond motifs is 1. The summed E-state index contributed by atoms with van der Waals surface area (Å²) in [6.45, 7) is 3.46. The van der Waals surface area contributed by atoms with Crippen molar-refractivity contribution in [1.29, 1.82) is 0 Å². The Morgan fingerprint density at radius 3 is 2.37 bits per heavy atom. The predicted octanol–water partition coefficient (Wildman–Crippen LogP) is 5.86. The maximum atomic E-state index is 2.41. The second kappa shape index (κ2) is 8.52. The molecule has 1 aliphatic rings. The van der Waals surface area contributed by atoms with E-state index in [0.29, 0.717) is 0 Å². The molecule has 0 saturated heterocycles. The lowest BCUT2D eigenvalue weighted by molar-refractivity contribution is 0.576. The summed E-state index contributed by atoms with van der Waals surface area (Å²) in [4.78, 5) is 3.82. The van der Waals surface area contributed by atoms with Gasteiger partial charge in [0, 0.05) is 11.4 Å². The van der Waals surface area contributed by atoms with Gasteiger partial charge in [-0.15, -0.1) is 0 Å². The summed E-state index contributed by atoms with van der Waals surface area (Å²) in [7, 11) is 0. The quantitative estimate of drug-likeness (QED) is 0.520. The van der Waals surface area contributed by atoms with Crippen molar-refractivity contribution >= 4 is 17.4 Å². The van der Waals surface area contributed by atoms with Gasteiger partial charge in [0.05, 0.1) is 5.69 Å². The number of hydrogen-bond acceptors (Lipinski definition) is 2. The van der Waals surface area contributed by atoms with E-state index in [9.17, 15) is 0 Å². The van der Waals surface area contributed by atoms with E-state index in [1.807, 2.05) is 11.8 Å². The molecule has 105 valence electrons. The molecule has 1 aromatic rings. The highest BCUT2D eigenvalue weighted by Crippen LogP contribution is 2.40. The van der Waals surface area contributed by atoms with Crippen LogP contribution in [0.1, 0.15) is 58.3 Å². The Bertz CT molecular complexity index is 364. The molecule has 0 N–H and O–H groups in total. The highest BCUT2D eigenvalue weighted by Gasteiger charge is 2.18. The number of anilines is 1. The van der Waals surface area contributed by atoms with Crippen LogP contribution < -0.4 is 4.90 Å². The third-order valence-electron chi connectivity index (χ3n) is 3.73. The highest BCUT2D eigenvalue weighted by molar-refractivity contribution is 8.01. The molecule has 0 amide bonds. The normalized spacial score (nSPS) is 13.8. The van der Waals surface area contributed by atoms with E-state index in [-0.39, 0.29) is 0 Å². The molecule has 0 spiro atoms. The summed E-state index contributed by atoms with van der Waals surface area (Å²) in [5, 5.41) is 0. The summed E-state index contributed by atoms with van der Waals surface area (Å²) in [6, 6.07) is 8.71. The zero-order valence-electron chi connectivity index (χ0n) is 12.1. The van der Waals surface area contributed by atoms with Gasteiger partial charge >= 0.3 is 0 Å². The molecular weight excluding hydrogens is 250 g/mol. The molecule has 19 heavy (non-hydrogen) atoms. The van der Waals surface area contributed by atoms with Gasteiger partial charge < -0.3 is 4.90 Å². The third kappa shape index (κ3) is 4.76. The van der Waals surface area contributed by atoms with Crippen LogP contribution in [0.5, 0.6) is 0 Å². The molecule has 2 heteroatoms. The lowest BCUT2D eigenvalue weighted by atomic mass is 10.1. The smallest absolute Gasteiger partial charge is 0.110 e. The molecular formula is C17H26NS. The van der Waals surface area contributed by atoms with Crippen LogP contribution in [0.4, 0.5) is 5.69 Å². The van der Waals surface area contributed by atoms with Gasteiger partial charge in [0.1, 0.15) is 5.88 Å². The van der Waals surface area contributed by atoms with Gasteiger partial charge in [0.15, 0.2) is 0 Å². The van der Waals surface area contributed by atoms with Crippen molar-refractivity contribution in [2.24, 2.45) is 0 Å². The lowest BCUT2D eigenvalue weighted by Crippen LogP contribution is -2.16. The first-order valence-electron chi connectivity index (χ1n) is 7.77. The Hall–Kier alpha value is -0.630. The predicted molar refractivity (Wildman–Crippen MR) is 86.6 cm³/mol. The van der Waals surface area contributed by atoms with Crippen LogP contribution in [0.25, 0.3) is 0 Å². The van der Waals surface area contributed by atoms with Gasteiger partial charge in [0.2, 0.25) is 0 Å². The summed E-state index contributed by atoms with van der Waals surface area (Å²) < 4.78 is 0. The second-order valence-electron chi connectivity index (χ2n) is 5.36. The average Bonchev–Trinajstić information content (AvgIpc) is 2.85. The van der Waals surface area contributed by atoms with Gasteiger partial charge in [-0.05, 0) is 18.6 Å². The van der Waals surface area contributed by atoms with Crippen molar-refractivity contribution in [1.82, 2.24) is 0 Å². The van der Waals surface area contributed by atoms with E-state index in [0.717, 1.165) is 0 Å². The number of para-hydroxylation sites is 1. The minimum atomic E-state index is 1.18. The van der Waals surface area contributed by atoms with Crippen molar-refractivity contribution in [3.05, 3.63) is 30.1 Å². The molecule has 1 heterocycles. The molecule has 2 rings (SSSR count). The Morgan fingerprint density at radius 2 is 1.58 bits per heavy atom. The average molecular weight is 276 g/mol. The van der Waals surface area contributed by atoms with Crippen molar-refractivity contribution in [2.45, 2.75) is 63.2 Å². The number of nitrogens with zero attached hydrogens (tertiary/aromatic N) is 1. The highest BCUT2D eigenvalue weighted by atomic mass is 32.2. The first-order chi connectivity index (χ1) is 9.42. The SMILES string of the molecule is CCCCCCCCCCN1[CH]Sc2ccccc21. The van der Waals surface area contributed by atoms with Crippen LogP contribution in [0, 0.1) is 5.88 Å². The number of rotatable bonds is 9. The maximum Gasteiger partial charge on any atom is 0.110 e. The molecule has 0 atom stereocenters. The summed E-state index contributed by atoms with van der Waals surface area (Å²) in [6.07, 6.45) is 11.2.